The normalized spacial score (nSPS) is 12.2. The summed E-state index contributed by atoms with van der Waals surface area (Å²) in [6, 6.07) is 3.87. The first-order valence-electron chi connectivity index (χ1n) is 5.38. The molecule has 0 aliphatic rings. The largest absolute Gasteiger partial charge is 0.506 e. The number of rotatable bonds is 2. The van der Waals surface area contributed by atoms with Crippen LogP contribution in [0.15, 0.2) is 12.1 Å². The van der Waals surface area contributed by atoms with Crippen molar-refractivity contribution in [3.63, 3.8) is 0 Å². The van der Waals surface area contributed by atoms with Gasteiger partial charge in [-0.25, -0.2) is 0 Å². The van der Waals surface area contributed by atoms with Crippen LogP contribution in [0, 0.1) is 0 Å². The van der Waals surface area contributed by atoms with E-state index in [0.717, 1.165) is 11.1 Å². The fourth-order valence-electron chi connectivity index (χ4n) is 1.55. The molecule has 1 aromatic rings. The number of halogens is 1. The Hall–Kier alpha value is -0.730. The molecule has 0 saturated heterocycles. The van der Waals surface area contributed by atoms with Crippen LogP contribution in [0.1, 0.15) is 31.9 Å². The number of benzene rings is 1. The Morgan fingerprint density at radius 2 is 1.81 bits per heavy atom. The number of phenols is 1. The number of hydrogen-bond acceptors (Lipinski definition) is 2. The highest BCUT2D eigenvalue weighted by Crippen LogP contribution is 2.34. The Labute approximate surface area is 103 Å². The van der Waals surface area contributed by atoms with Crippen molar-refractivity contribution in [1.82, 2.24) is 4.90 Å². The lowest BCUT2D eigenvalue weighted by atomic mass is 9.86. The maximum atomic E-state index is 9.88. The Bertz CT molecular complexity index is 380. The van der Waals surface area contributed by atoms with Gasteiger partial charge in [-0.3, -0.25) is 0 Å². The maximum absolute atomic E-state index is 9.88. The zero-order chi connectivity index (χ0) is 12.5. The van der Waals surface area contributed by atoms with Crippen molar-refractivity contribution in [2.24, 2.45) is 0 Å². The number of aromatic hydroxyl groups is 1. The molecule has 3 heteroatoms. The van der Waals surface area contributed by atoms with Crippen molar-refractivity contribution in [2.75, 3.05) is 14.1 Å². The molecule has 0 aliphatic carbocycles. The van der Waals surface area contributed by atoms with Gasteiger partial charge in [-0.2, -0.15) is 0 Å². The van der Waals surface area contributed by atoms with Crippen LogP contribution in [0.25, 0.3) is 0 Å². The maximum Gasteiger partial charge on any atom is 0.138 e. The summed E-state index contributed by atoms with van der Waals surface area (Å²) in [5.74, 6) is 0.198. The van der Waals surface area contributed by atoms with Crippen LogP contribution in [0.5, 0.6) is 5.75 Å². The van der Waals surface area contributed by atoms with Crippen LogP contribution in [0.2, 0.25) is 5.02 Å². The van der Waals surface area contributed by atoms with E-state index in [4.69, 9.17) is 11.6 Å². The van der Waals surface area contributed by atoms with E-state index in [9.17, 15) is 5.11 Å². The van der Waals surface area contributed by atoms with Crippen LogP contribution in [-0.2, 0) is 12.0 Å². The molecule has 0 atom stereocenters. The molecule has 0 amide bonds. The highest BCUT2D eigenvalue weighted by Gasteiger charge is 2.18. The second-order valence-electron chi connectivity index (χ2n) is 5.45. The second-order valence-corrected chi connectivity index (χ2v) is 5.86. The standard InChI is InChI=1S/C13H20ClNO/c1-13(2,3)10-6-9(8-15(4)5)12(16)11(14)7-10/h6-7,16H,8H2,1-5H3. The third-order valence-electron chi connectivity index (χ3n) is 2.49. The molecule has 0 heterocycles. The Balaban J connectivity index is 3.22. The SMILES string of the molecule is CN(C)Cc1cc(C(C)(C)C)cc(Cl)c1O. The summed E-state index contributed by atoms with van der Waals surface area (Å²) in [5.41, 5.74) is 2.06. The average molecular weight is 242 g/mol. The van der Waals surface area contributed by atoms with E-state index < -0.39 is 0 Å². The molecular weight excluding hydrogens is 222 g/mol. The first-order valence-corrected chi connectivity index (χ1v) is 5.76. The van der Waals surface area contributed by atoms with Gasteiger partial charge in [0, 0.05) is 12.1 Å². The molecule has 2 nitrogen and oxygen atoms in total. The van der Waals surface area contributed by atoms with E-state index in [1.807, 2.05) is 31.1 Å². The average Bonchev–Trinajstić information content (AvgIpc) is 2.10. The molecule has 1 N–H and O–H groups in total. The molecule has 0 fully saturated rings. The van der Waals surface area contributed by atoms with Crippen molar-refractivity contribution in [2.45, 2.75) is 32.7 Å². The van der Waals surface area contributed by atoms with Crippen LogP contribution < -0.4 is 0 Å². The van der Waals surface area contributed by atoms with Gasteiger partial charge in [-0.1, -0.05) is 38.4 Å². The number of nitrogens with zero attached hydrogens (tertiary/aromatic N) is 1. The highest BCUT2D eigenvalue weighted by atomic mass is 35.5. The van der Waals surface area contributed by atoms with Crippen molar-refractivity contribution in [1.29, 1.82) is 0 Å². The third-order valence-corrected chi connectivity index (χ3v) is 2.78. The molecule has 0 radical (unpaired) electrons. The Kier molecular flexibility index (Phi) is 3.87. The van der Waals surface area contributed by atoms with Gasteiger partial charge in [-0.15, -0.1) is 0 Å². The molecular formula is C13H20ClNO. The monoisotopic (exact) mass is 241 g/mol. The predicted molar refractivity (Wildman–Crippen MR) is 69.2 cm³/mol. The van der Waals surface area contributed by atoms with Gasteiger partial charge >= 0.3 is 0 Å². The minimum Gasteiger partial charge on any atom is -0.506 e. The summed E-state index contributed by atoms with van der Waals surface area (Å²) in [5, 5.41) is 10.3. The van der Waals surface area contributed by atoms with E-state index in [1.165, 1.54) is 0 Å². The van der Waals surface area contributed by atoms with Gasteiger partial charge in [0.25, 0.3) is 0 Å². The van der Waals surface area contributed by atoms with E-state index in [2.05, 4.69) is 20.8 Å². The van der Waals surface area contributed by atoms with E-state index in [1.54, 1.807) is 0 Å². The molecule has 0 saturated carbocycles. The van der Waals surface area contributed by atoms with Crippen molar-refractivity contribution < 1.29 is 5.11 Å². The number of phenolic OH excluding ortho intramolecular Hbond substituents is 1. The van der Waals surface area contributed by atoms with E-state index in [0.29, 0.717) is 11.6 Å². The van der Waals surface area contributed by atoms with Gasteiger partial charge in [0.05, 0.1) is 5.02 Å². The van der Waals surface area contributed by atoms with Crippen LogP contribution >= 0.6 is 11.6 Å². The fraction of sp³-hybridized carbons (Fsp3) is 0.538. The van der Waals surface area contributed by atoms with Gasteiger partial charge in [0.15, 0.2) is 0 Å². The van der Waals surface area contributed by atoms with Crippen molar-refractivity contribution in [3.8, 4) is 5.75 Å². The first-order chi connectivity index (χ1) is 7.21. The summed E-state index contributed by atoms with van der Waals surface area (Å²) >= 11 is 6.04. The van der Waals surface area contributed by atoms with Crippen LogP contribution in [0.3, 0.4) is 0 Å². The summed E-state index contributed by atoms with van der Waals surface area (Å²) in [6.07, 6.45) is 0. The molecule has 0 unspecified atom stereocenters. The van der Waals surface area contributed by atoms with Gasteiger partial charge < -0.3 is 10.0 Å². The minimum absolute atomic E-state index is 0.0401. The zero-order valence-electron chi connectivity index (χ0n) is 10.6. The Morgan fingerprint density at radius 3 is 2.25 bits per heavy atom. The van der Waals surface area contributed by atoms with Crippen LogP contribution in [-0.4, -0.2) is 24.1 Å². The quantitative estimate of drug-likeness (QED) is 0.858. The molecule has 0 bridgehead atoms. The van der Waals surface area contributed by atoms with Crippen molar-refractivity contribution >= 4 is 11.6 Å². The molecule has 0 aliphatic heterocycles. The summed E-state index contributed by atoms with van der Waals surface area (Å²) in [4.78, 5) is 2.01. The van der Waals surface area contributed by atoms with Gasteiger partial charge in [-0.05, 0) is 31.1 Å². The van der Waals surface area contributed by atoms with Gasteiger partial charge in [0.1, 0.15) is 5.75 Å². The predicted octanol–water partition coefficient (Wildman–Crippen LogP) is 3.40. The second kappa shape index (κ2) is 4.64. The highest BCUT2D eigenvalue weighted by molar-refractivity contribution is 6.32. The van der Waals surface area contributed by atoms with Crippen molar-refractivity contribution in [3.05, 3.63) is 28.3 Å². The van der Waals surface area contributed by atoms with Gasteiger partial charge in [0.2, 0.25) is 0 Å². The summed E-state index contributed by atoms with van der Waals surface area (Å²) < 4.78 is 0. The Morgan fingerprint density at radius 1 is 1.25 bits per heavy atom. The summed E-state index contributed by atoms with van der Waals surface area (Å²) in [7, 11) is 3.94. The first kappa shape index (κ1) is 13.3. The summed E-state index contributed by atoms with van der Waals surface area (Å²) in [6.45, 7) is 7.09. The molecule has 1 aromatic carbocycles. The molecule has 1 rings (SSSR count). The topological polar surface area (TPSA) is 23.5 Å². The lowest BCUT2D eigenvalue weighted by Gasteiger charge is -2.22. The lowest BCUT2D eigenvalue weighted by molar-refractivity contribution is 0.385. The van der Waals surface area contributed by atoms with E-state index in [-0.39, 0.29) is 11.2 Å². The molecule has 16 heavy (non-hydrogen) atoms. The molecule has 0 spiro atoms. The van der Waals surface area contributed by atoms with E-state index >= 15 is 0 Å². The zero-order valence-corrected chi connectivity index (χ0v) is 11.4. The smallest absolute Gasteiger partial charge is 0.138 e. The molecule has 0 aromatic heterocycles. The number of hydrogen-bond donors (Lipinski definition) is 1. The third kappa shape index (κ3) is 3.13. The fourth-order valence-corrected chi connectivity index (χ4v) is 1.79. The molecule has 90 valence electrons. The minimum atomic E-state index is 0.0401. The van der Waals surface area contributed by atoms with Crippen LogP contribution in [0.4, 0.5) is 0 Å². The lowest BCUT2D eigenvalue weighted by Crippen LogP contribution is -2.14.